The molecule has 0 atom stereocenters. The zero-order valence-corrected chi connectivity index (χ0v) is 8.76. The highest BCUT2D eigenvalue weighted by Crippen LogP contribution is 2.28. The van der Waals surface area contributed by atoms with Crippen LogP contribution in [-0.2, 0) is 10.0 Å². The molecule has 0 aromatic carbocycles. The van der Waals surface area contributed by atoms with Crippen molar-refractivity contribution in [1.82, 2.24) is 14.6 Å². The number of fused-ring (bicyclic) bond motifs is 1. The summed E-state index contributed by atoms with van der Waals surface area (Å²) >= 11 is 1.03. The second kappa shape index (κ2) is 2.94. The van der Waals surface area contributed by atoms with Gasteiger partial charge in [0, 0.05) is 0 Å². The molecule has 0 saturated heterocycles. The molecule has 0 spiro atoms. The molecule has 0 aromatic heterocycles. The van der Waals surface area contributed by atoms with Crippen LogP contribution in [0.1, 0.15) is 5.69 Å². The van der Waals surface area contributed by atoms with Gasteiger partial charge < -0.3 is 0 Å². The summed E-state index contributed by atoms with van der Waals surface area (Å²) in [5.41, 5.74) is 1.27. The number of aryl methyl sites for hydroxylation is 1. The molecule has 14 heavy (non-hydrogen) atoms. The molecule has 0 unspecified atom stereocenters. The number of rotatable bonds is 1. The quantitative estimate of drug-likeness (QED) is 0.743. The summed E-state index contributed by atoms with van der Waals surface area (Å²) < 4.78 is 26.1. The zero-order valence-electron chi connectivity index (χ0n) is 7.13. The molecule has 0 radical (unpaired) electrons. The minimum Gasteiger partial charge on any atom is -0.223 e. The zero-order chi connectivity index (χ0) is 10.3. The van der Waals surface area contributed by atoms with Gasteiger partial charge in [0.15, 0.2) is 0 Å². The highest BCUT2D eigenvalue weighted by Gasteiger charge is 2.23. The fraction of sp³-hybridized carbons (Fsp3) is 0.167. The summed E-state index contributed by atoms with van der Waals surface area (Å²) in [6.45, 7) is 1.79. The Balaban J connectivity index is 2.74. The van der Waals surface area contributed by atoms with E-state index in [1.54, 1.807) is 13.0 Å². The molecule has 0 bridgehead atoms. The number of sulfonamides is 1. The molecule has 2 aliphatic rings. The van der Waals surface area contributed by atoms with Crippen LogP contribution >= 0.6 is 11.5 Å². The first-order chi connectivity index (χ1) is 6.48. The van der Waals surface area contributed by atoms with Gasteiger partial charge in [-0.3, -0.25) is 0 Å². The van der Waals surface area contributed by atoms with Gasteiger partial charge in [-0.05, 0) is 24.5 Å². The summed E-state index contributed by atoms with van der Waals surface area (Å²) in [4.78, 5) is 0.401. The Morgan fingerprint density at radius 1 is 1.43 bits per heavy atom. The Hall–Kier alpha value is -1.12. The highest BCUT2D eigenvalue weighted by molar-refractivity contribution is 7.89. The van der Waals surface area contributed by atoms with Crippen LogP contribution in [-0.4, -0.2) is 23.0 Å². The lowest BCUT2D eigenvalue weighted by molar-refractivity contribution is 0.594. The first-order valence-corrected chi connectivity index (χ1v) is 5.93. The maximum Gasteiger partial charge on any atom is 0.258 e. The van der Waals surface area contributed by atoms with Crippen molar-refractivity contribution in [3.8, 4) is 10.6 Å². The van der Waals surface area contributed by atoms with Gasteiger partial charge in [-0.15, -0.1) is 10.2 Å². The van der Waals surface area contributed by atoms with Gasteiger partial charge in [-0.2, -0.15) is 4.37 Å². The molecular weight excluding hydrogens is 224 g/mol. The second-order valence-corrected chi connectivity index (χ2v) is 4.98. The van der Waals surface area contributed by atoms with Crippen LogP contribution in [0, 0.1) is 6.92 Å². The topological polar surface area (TPSA) is 98.8 Å². The van der Waals surface area contributed by atoms with Crippen LogP contribution in [0.5, 0.6) is 0 Å². The van der Waals surface area contributed by atoms with Crippen LogP contribution < -0.4 is 5.14 Å². The molecule has 0 fully saturated rings. The van der Waals surface area contributed by atoms with Gasteiger partial charge in [0.05, 0.1) is 5.69 Å². The van der Waals surface area contributed by atoms with Crippen molar-refractivity contribution in [3.63, 3.8) is 0 Å². The first-order valence-electron chi connectivity index (χ1n) is 3.61. The number of hydrogen-bond acceptors (Lipinski definition) is 6. The Morgan fingerprint density at radius 2 is 2.14 bits per heavy atom. The van der Waals surface area contributed by atoms with E-state index in [1.165, 1.54) is 0 Å². The second-order valence-electron chi connectivity index (χ2n) is 2.73. The smallest absolute Gasteiger partial charge is 0.223 e. The van der Waals surface area contributed by atoms with E-state index in [4.69, 9.17) is 5.14 Å². The standard InChI is InChI=1S/C6H6N4O2S2/c1-3-2-4-5(13-10-3)6(9-8-4)14(7,11)12/h2H,1H3,(H2,7,11,12). The average Bonchev–Trinajstić information content (AvgIpc) is 2.45. The van der Waals surface area contributed by atoms with Crippen molar-refractivity contribution < 1.29 is 8.42 Å². The predicted molar refractivity (Wildman–Crippen MR) is 50.4 cm³/mol. The molecule has 2 heterocycles. The summed E-state index contributed by atoms with van der Waals surface area (Å²) in [6.07, 6.45) is 0. The number of nitrogens with zero attached hydrogens (tertiary/aromatic N) is 3. The number of aromatic nitrogens is 3. The van der Waals surface area contributed by atoms with Crippen molar-refractivity contribution in [2.45, 2.75) is 11.9 Å². The molecule has 8 heteroatoms. The lowest BCUT2D eigenvalue weighted by Gasteiger charge is -1.96. The van der Waals surface area contributed by atoms with E-state index in [9.17, 15) is 8.42 Å². The lowest BCUT2D eigenvalue weighted by atomic mass is 10.3. The Kier molecular flexibility index (Phi) is 1.98. The third-order valence-corrected chi connectivity index (χ3v) is 3.49. The normalized spacial score (nSPS) is 12.1. The summed E-state index contributed by atoms with van der Waals surface area (Å²) in [5, 5.41) is 12.0. The Morgan fingerprint density at radius 3 is 2.79 bits per heavy atom. The van der Waals surface area contributed by atoms with Crippen LogP contribution in [0.2, 0.25) is 0 Å². The number of nitrogens with two attached hydrogens (primary N) is 1. The van der Waals surface area contributed by atoms with Gasteiger partial charge in [-0.1, -0.05) is 0 Å². The van der Waals surface area contributed by atoms with Crippen LogP contribution in [0.25, 0.3) is 10.6 Å². The van der Waals surface area contributed by atoms with E-state index in [1.807, 2.05) is 0 Å². The van der Waals surface area contributed by atoms with Gasteiger partial charge >= 0.3 is 0 Å². The Bertz CT molecular complexity index is 547. The first kappa shape index (κ1) is 9.44. The van der Waals surface area contributed by atoms with Crippen molar-refractivity contribution >= 4 is 21.6 Å². The van der Waals surface area contributed by atoms with Crippen LogP contribution in [0.3, 0.4) is 0 Å². The molecule has 0 amide bonds. The van der Waals surface area contributed by atoms with Crippen molar-refractivity contribution in [2.24, 2.45) is 5.14 Å². The molecule has 0 aromatic rings. The van der Waals surface area contributed by atoms with E-state index in [2.05, 4.69) is 14.6 Å². The molecule has 2 N–H and O–H groups in total. The van der Waals surface area contributed by atoms with Gasteiger partial charge in [0.2, 0.25) is 5.03 Å². The van der Waals surface area contributed by atoms with Crippen molar-refractivity contribution in [2.75, 3.05) is 0 Å². The maximum atomic E-state index is 11.0. The maximum absolute atomic E-state index is 11.0. The van der Waals surface area contributed by atoms with Crippen molar-refractivity contribution in [1.29, 1.82) is 0 Å². The minimum absolute atomic E-state index is 0.204. The van der Waals surface area contributed by atoms with E-state index >= 15 is 0 Å². The monoisotopic (exact) mass is 230 g/mol. The van der Waals surface area contributed by atoms with E-state index in [-0.39, 0.29) is 5.03 Å². The molecular formula is C6H6N4O2S2. The van der Waals surface area contributed by atoms with Crippen LogP contribution in [0.4, 0.5) is 0 Å². The Labute approximate surface area is 84.3 Å². The summed E-state index contributed by atoms with van der Waals surface area (Å²) in [5.74, 6) is 0. The highest BCUT2D eigenvalue weighted by atomic mass is 32.2. The summed E-state index contributed by atoms with van der Waals surface area (Å²) in [6, 6.07) is 1.66. The average molecular weight is 230 g/mol. The lowest BCUT2D eigenvalue weighted by Crippen LogP contribution is -2.13. The molecule has 74 valence electrons. The van der Waals surface area contributed by atoms with Gasteiger partial charge in [0.25, 0.3) is 10.0 Å². The minimum atomic E-state index is -3.80. The molecule has 2 aliphatic heterocycles. The van der Waals surface area contributed by atoms with Crippen molar-refractivity contribution in [3.05, 3.63) is 11.8 Å². The van der Waals surface area contributed by atoms with E-state index in [0.717, 1.165) is 17.2 Å². The van der Waals surface area contributed by atoms with Gasteiger partial charge in [-0.25, -0.2) is 13.6 Å². The fourth-order valence-corrected chi connectivity index (χ4v) is 2.59. The third-order valence-electron chi connectivity index (χ3n) is 1.57. The predicted octanol–water partition coefficient (Wildman–Crippen LogP) is -0.00628. The third kappa shape index (κ3) is 1.47. The molecule has 6 nitrogen and oxygen atoms in total. The molecule has 0 aliphatic carbocycles. The SMILES string of the molecule is Cc1cc2nnc(S(N)(=O)=O)c-2sn1. The van der Waals surface area contributed by atoms with E-state index in [0.29, 0.717) is 10.6 Å². The number of hydrogen-bond donors (Lipinski definition) is 1. The van der Waals surface area contributed by atoms with Gasteiger partial charge in [0.1, 0.15) is 10.6 Å². The fourth-order valence-electron chi connectivity index (χ4n) is 1.01. The summed E-state index contributed by atoms with van der Waals surface area (Å²) in [7, 11) is -3.80. The molecule has 0 saturated carbocycles. The largest absolute Gasteiger partial charge is 0.258 e. The van der Waals surface area contributed by atoms with Crippen LogP contribution in [0.15, 0.2) is 11.1 Å². The number of primary sulfonamides is 1. The molecule has 2 rings (SSSR count). The van der Waals surface area contributed by atoms with E-state index < -0.39 is 10.0 Å².